The summed E-state index contributed by atoms with van der Waals surface area (Å²) in [5, 5.41) is 13.2. The Morgan fingerprint density at radius 2 is 1.36 bits per heavy atom. The molecule has 0 bridgehead atoms. The largest absolute Gasteiger partial charge is 0.461 e. The number of amides is 1. The van der Waals surface area contributed by atoms with Gasteiger partial charge in [0.15, 0.2) is 0 Å². The maximum Gasteiger partial charge on any atom is 0.408 e. The van der Waals surface area contributed by atoms with Gasteiger partial charge in [0.25, 0.3) is 5.69 Å². The van der Waals surface area contributed by atoms with E-state index in [1.165, 1.54) is 24.3 Å². The Kier molecular flexibility index (Phi) is 9.51. The van der Waals surface area contributed by atoms with E-state index in [-0.39, 0.29) is 37.5 Å². The van der Waals surface area contributed by atoms with E-state index in [1.807, 2.05) is 36.4 Å². The minimum atomic E-state index is -1.23. The maximum atomic E-state index is 12.8. The van der Waals surface area contributed by atoms with Gasteiger partial charge >= 0.3 is 18.0 Å². The van der Waals surface area contributed by atoms with E-state index in [4.69, 9.17) is 14.2 Å². The molecule has 10 nitrogen and oxygen atoms in total. The van der Waals surface area contributed by atoms with Crippen LogP contribution in [0.4, 0.5) is 10.5 Å². The van der Waals surface area contributed by atoms with Gasteiger partial charge in [0, 0.05) is 18.6 Å². The zero-order valence-electron chi connectivity index (χ0n) is 19.2. The van der Waals surface area contributed by atoms with E-state index in [1.54, 1.807) is 24.3 Å². The van der Waals surface area contributed by atoms with E-state index < -0.39 is 29.0 Å². The maximum absolute atomic E-state index is 12.8. The summed E-state index contributed by atoms with van der Waals surface area (Å²) in [4.78, 5) is 47.5. The average molecular weight is 492 g/mol. The lowest BCUT2D eigenvalue weighted by molar-refractivity contribution is -0.384. The van der Waals surface area contributed by atoms with Crippen LogP contribution in [0.2, 0.25) is 0 Å². The third-order valence-corrected chi connectivity index (χ3v) is 4.94. The lowest BCUT2D eigenvalue weighted by atomic mass is 10.1. The number of nitrogens with zero attached hydrogens (tertiary/aromatic N) is 1. The Morgan fingerprint density at radius 1 is 0.806 bits per heavy atom. The predicted molar refractivity (Wildman–Crippen MR) is 128 cm³/mol. The van der Waals surface area contributed by atoms with Gasteiger partial charge in [0.1, 0.15) is 25.0 Å². The summed E-state index contributed by atoms with van der Waals surface area (Å²) in [6.07, 6.45) is -1.16. The van der Waals surface area contributed by atoms with Crippen LogP contribution in [0.15, 0.2) is 84.9 Å². The number of carbonyl (C=O) groups excluding carboxylic acids is 3. The van der Waals surface area contributed by atoms with Gasteiger partial charge in [-0.3, -0.25) is 14.9 Å². The summed E-state index contributed by atoms with van der Waals surface area (Å²) < 4.78 is 15.6. The van der Waals surface area contributed by atoms with Crippen LogP contribution in [-0.2, 0) is 32.3 Å². The van der Waals surface area contributed by atoms with Gasteiger partial charge in [0.05, 0.1) is 4.92 Å². The highest BCUT2D eigenvalue weighted by Crippen LogP contribution is 2.18. The Labute approximate surface area is 206 Å². The molecule has 0 saturated carbocycles. The third kappa shape index (κ3) is 8.56. The molecule has 0 saturated heterocycles. The van der Waals surface area contributed by atoms with Crippen molar-refractivity contribution in [1.82, 2.24) is 5.32 Å². The number of hydrogen-bond donors (Lipinski definition) is 1. The molecule has 1 N–H and O–H groups in total. The Hall–Kier alpha value is -4.73. The van der Waals surface area contributed by atoms with Crippen LogP contribution in [0.1, 0.15) is 24.0 Å². The summed E-state index contributed by atoms with van der Waals surface area (Å²) in [6.45, 7) is 0.0556. The zero-order chi connectivity index (χ0) is 25.8. The zero-order valence-corrected chi connectivity index (χ0v) is 19.2. The number of benzene rings is 3. The first-order valence-corrected chi connectivity index (χ1v) is 11.0. The molecule has 0 spiro atoms. The first-order chi connectivity index (χ1) is 17.4. The van der Waals surface area contributed by atoms with Gasteiger partial charge in [-0.2, -0.15) is 0 Å². The van der Waals surface area contributed by atoms with E-state index in [0.29, 0.717) is 0 Å². The predicted octanol–water partition coefficient (Wildman–Crippen LogP) is 4.32. The summed E-state index contributed by atoms with van der Waals surface area (Å²) >= 11 is 0. The molecule has 1 amide bonds. The highest BCUT2D eigenvalue weighted by Gasteiger charge is 2.25. The van der Waals surface area contributed by atoms with Crippen LogP contribution in [0.5, 0.6) is 5.75 Å². The first-order valence-electron chi connectivity index (χ1n) is 11.0. The molecule has 3 aromatic rings. The van der Waals surface area contributed by atoms with E-state index in [0.717, 1.165) is 11.1 Å². The fourth-order valence-corrected chi connectivity index (χ4v) is 3.05. The van der Waals surface area contributed by atoms with Gasteiger partial charge in [-0.1, -0.05) is 60.7 Å². The van der Waals surface area contributed by atoms with Crippen molar-refractivity contribution in [2.45, 2.75) is 32.1 Å². The summed E-state index contributed by atoms with van der Waals surface area (Å²) in [5.74, 6) is -1.38. The number of alkyl carbamates (subject to hydrolysis) is 1. The molecule has 0 aromatic heterocycles. The molecule has 186 valence electrons. The van der Waals surface area contributed by atoms with Gasteiger partial charge in [-0.15, -0.1) is 0 Å². The van der Waals surface area contributed by atoms with Crippen LogP contribution in [0, 0.1) is 10.1 Å². The molecule has 3 rings (SSSR count). The molecule has 36 heavy (non-hydrogen) atoms. The fraction of sp³-hybridized carbons (Fsp3) is 0.192. The van der Waals surface area contributed by atoms with Gasteiger partial charge in [-0.05, 0) is 29.7 Å². The van der Waals surface area contributed by atoms with Gasteiger partial charge in [-0.25, -0.2) is 9.59 Å². The Bertz CT molecular complexity index is 1170. The molecule has 10 heteroatoms. The number of ether oxygens (including phenoxy) is 3. The van der Waals surface area contributed by atoms with Crippen LogP contribution in [0.3, 0.4) is 0 Å². The molecule has 0 aliphatic carbocycles. The molecule has 0 unspecified atom stereocenters. The minimum Gasteiger partial charge on any atom is -0.461 e. The summed E-state index contributed by atoms with van der Waals surface area (Å²) in [6, 6.07) is 21.7. The lowest BCUT2D eigenvalue weighted by Crippen LogP contribution is -2.43. The number of non-ortho nitro benzene ring substituents is 1. The second-order valence-corrected chi connectivity index (χ2v) is 7.62. The van der Waals surface area contributed by atoms with E-state index in [9.17, 15) is 24.5 Å². The first kappa shape index (κ1) is 25.9. The quantitative estimate of drug-likeness (QED) is 0.181. The van der Waals surface area contributed by atoms with E-state index in [2.05, 4.69) is 5.32 Å². The molecule has 3 aromatic carbocycles. The Balaban J connectivity index is 1.59. The van der Waals surface area contributed by atoms with Crippen LogP contribution < -0.4 is 10.1 Å². The molecule has 0 aliphatic heterocycles. The topological polar surface area (TPSA) is 134 Å². The van der Waals surface area contributed by atoms with Crippen molar-refractivity contribution >= 4 is 23.7 Å². The van der Waals surface area contributed by atoms with Crippen molar-refractivity contribution < 1.29 is 33.5 Å². The SMILES string of the molecule is O=C(CC[C@H](NC(=O)OCc1ccccc1)C(=O)Oc1ccc([N+](=O)[O-])cc1)OCc1ccccc1. The van der Waals surface area contributed by atoms with Crippen LogP contribution in [0.25, 0.3) is 0 Å². The smallest absolute Gasteiger partial charge is 0.408 e. The fourth-order valence-electron chi connectivity index (χ4n) is 3.05. The molecule has 1 atom stereocenters. The van der Waals surface area contributed by atoms with Crippen molar-refractivity contribution in [2.24, 2.45) is 0 Å². The molecule has 0 radical (unpaired) electrons. The highest BCUT2D eigenvalue weighted by molar-refractivity contribution is 5.83. The van der Waals surface area contributed by atoms with Crippen LogP contribution >= 0.6 is 0 Å². The minimum absolute atomic E-state index is 0.0179. The average Bonchev–Trinajstić information content (AvgIpc) is 2.90. The summed E-state index contributed by atoms with van der Waals surface area (Å²) in [5.41, 5.74) is 1.39. The third-order valence-electron chi connectivity index (χ3n) is 4.94. The molecular formula is C26H24N2O8. The monoisotopic (exact) mass is 492 g/mol. The summed E-state index contributed by atoms with van der Waals surface area (Å²) in [7, 11) is 0. The Morgan fingerprint density at radius 3 is 1.92 bits per heavy atom. The standard InChI is InChI=1S/C26H24N2O8/c29-24(34-17-19-7-3-1-4-8-19)16-15-23(27-26(31)35-18-20-9-5-2-6-10-20)25(30)36-22-13-11-21(12-14-22)28(32)33/h1-14,23H,15-18H2,(H,27,31)/t23-/m0/s1. The van der Waals surface area contributed by atoms with Crippen molar-refractivity contribution in [1.29, 1.82) is 0 Å². The highest BCUT2D eigenvalue weighted by atomic mass is 16.6. The van der Waals surface area contributed by atoms with E-state index >= 15 is 0 Å². The number of nitro groups is 1. The molecule has 0 fully saturated rings. The number of hydrogen-bond acceptors (Lipinski definition) is 8. The van der Waals surface area contributed by atoms with Crippen molar-refractivity contribution in [3.05, 3.63) is 106 Å². The van der Waals surface area contributed by atoms with Gasteiger partial charge < -0.3 is 19.5 Å². The van der Waals surface area contributed by atoms with Crippen LogP contribution in [-0.4, -0.2) is 29.0 Å². The van der Waals surface area contributed by atoms with Crippen molar-refractivity contribution in [2.75, 3.05) is 0 Å². The number of rotatable bonds is 11. The number of nitro benzene ring substituents is 1. The van der Waals surface area contributed by atoms with Crippen molar-refractivity contribution in [3.8, 4) is 5.75 Å². The number of nitrogens with one attached hydrogen (secondary N) is 1. The lowest BCUT2D eigenvalue weighted by Gasteiger charge is -2.17. The van der Waals surface area contributed by atoms with Crippen molar-refractivity contribution in [3.63, 3.8) is 0 Å². The number of esters is 2. The molecule has 0 heterocycles. The molecule has 0 aliphatic rings. The number of carbonyl (C=O) groups is 3. The second kappa shape index (κ2) is 13.2. The molecular weight excluding hydrogens is 468 g/mol. The second-order valence-electron chi connectivity index (χ2n) is 7.62. The normalized spacial score (nSPS) is 11.1. The van der Waals surface area contributed by atoms with Gasteiger partial charge in [0.2, 0.25) is 0 Å².